The number of nitrogens with zero attached hydrogens (tertiary/aromatic N) is 2. The SMILES string of the molecule is CC(C)(C)[C@H](Nc1cccc(OC(F)(F)F)c1)C(=O)N1C[C@H](OC(=O)N2Cc3cccc(Cl)c3C2)C[C@H]1C(=O)N[C@]1(C(=O)NS(=O)(=O)C2(C)CC2)C[C@H]1C1CC1. The van der Waals surface area contributed by atoms with E-state index < -0.39 is 79.8 Å². The normalized spacial score (nSPS) is 25.8. The highest BCUT2D eigenvalue weighted by Gasteiger charge is 2.67. The summed E-state index contributed by atoms with van der Waals surface area (Å²) in [6, 6.07) is 7.99. The van der Waals surface area contributed by atoms with E-state index in [1.54, 1.807) is 39.8 Å². The number of ether oxygens (including phenoxy) is 2. The summed E-state index contributed by atoms with van der Waals surface area (Å²) >= 11 is 6.36. The van der Waals surface area contributed by atoms with Crippen molar-refractivity contribution in [2.75, 3.05) is 11.9 Å². The molecule has 2 aliphatic heterocycles. The summed E-state index contributed by atoms with van der Waals surface area (Å²) in [5, 5.41) is 6.37. The van der Waals surface area contributed by atoms with E-state index in [0.29, 0.717) is 17.9 Å². The molecule has 0 unspecified atom stereocenters. The van der Waals surface area contributed by atoms with Crippen LogP contribution >= 0.6 is 11.6 Å². The number of halogens is 4. The lowest BCUT2D eigenvalue weighted by molar-refractivity contribution is -0.274. The Kier molecular flexibility index (Phi) is 9.99. The molecule has 0 bridgehead atoms. The Morgan fingerprint density at radius 3 is 2.34 bits per heavy atom. The van der Waals surface area contributed by atoms with Crippen molar-refractivity contribution >= 4 is 51.1 Å². The zero-order valence-electron chi connectivity index (χ0n) is 31.4. The zero-order chi connectivity index (χ0) is 40.6. The largest absolute Gasteiger partial charge is 0.573 e. The Morgan fingerprint density at radius 1 is 1.02 bits per heavy atom. The molecule has 3 saturated carbocycles. The number of amides is 4. The van der Waals surface area contributed by atoms with Gasteiger partial charge in [-0.1, -0.05) is 50.6 Å². The average molecular weight is 824 g/mol. The lowest BCUT2D eigenvalue weighted by Crippen LogP contribution is -2.59. The van der Waals surface area contributed by atoms with Crippen LogP contribution in [0.5, 0.6) is 5.75 Å². The van der Waals surface area contributed by atoms with Gasteiger partial charge >= 0.3 is 12.5 Å². The third-order valence-corrected chi connectivity index (χ3v) is 14.1. The van der Waals surface area contributed by atoms with E-state index in [-0.39, 0.29) is 50.0 Å². The number of fused-ring (bicyclic) bond motifs is 1. The molecule has 3 aliphatic carbocycles. The maximum absolute atomic E-state index is 14.6. The van der Waals surface area contributed by atoms with Gasteiger partial charge in [-0.2, -0.15) is 0 Å². The van der Waals surface area contributed by atoms with Gasteiger partial charge in [0.25, 0.3) is 5.91 Å². The third kappa shape index (κ3) is 8.11. The smallest absolute Gasteiger partial charge is 0.444 e. The fourth-order valence-corrected chi connectivity index (χ4v) is 9.33. The van der Waals surface area contributed by atoms with Crippen molar-refractivity contribution in [3.63, 3.8) is 0 Å². The van der Waals surface area contributed by atoms with Crippen LogP contribution < -0.4 is 20.1 Å². The third-order valence-electron chi connectivity index (χ3n) is 11.6. The van der Waals surface area contributed by atoms with E-state index in [0.717, 1.165) is 36.1 Å². The zero-order valence-corrected chi connectivity index (χ0v) is 32.9. The number of benzene rings is 2. The van der Waals surface area contributed by atoms with E-state index in [1.165, 1.54) is 21.9 Å². The van der Waals surface area contributed by atoms with Crippen LogP contribution in [-0.2, 0) is 42.2 Å². The molecule has 0 aromatic heterocycles. The van der Waals surface area contributed by atoms with E-state index >= 15 is 0 Å². The summed E-state index contributed by atoms with van der Waals surface area (Å²) in [5.74, 6) is -2.84. The fraction of sp³-hybridized carbons (Fsp3) is 0.579. The van der Waals surface area contributed by atoms with Crippen molar-refractivity contribution in [2.45, 2.75) is 114 Å². The van der Waals surface area contributed by atoms with Crippen LogP contribution in [0, 0.1) is 17.3 Å². The number of hydrogen-bond donors (Lipinski definition) is 3. The maximum atomic E-state index is 14.6. The molecule has 3 N–H and O–H groups in total. The number of hydrogen-bond acceptors (Lipinski definition) is 9. The summed E-state index contributed by atoms with van der Waals surface area (Å²) in [6.07, 6.45) is -4.06. The number of sulfonamides is 1. The van der Waals surface area contributed by atoms with Crippen molar-refractivity contribution in [3.8, 4) is 5.75 Å². The second-order valence-corrected chi connectivity index (χ2v) is 19.6. The molecule has 304 valence electrons. The van der Waals surface area contributed by atoms with Crippen LogP contribution in [0.1, 0.15) is 77.3 Å². The van der Waals surface area contributed by atoms with E-state index in [1.807, 2.05) is 6.07 Å². The molecular formula is C38H45ClF3N5O8S. The summed E-state index contributed by atoms with van der Waals surface area (Å²) < 4.78 is 76.4. The minimum Gasteiger partial charge on any atom is -0.444 e. The molecular weight excluding hydrogens is 779 g/mol. The molecule has 13 nitrogen and oxygen atoms in total. The molecule has 2 heterocycles. The fourth-order valence-electron chi connectivity index (χ4n) is 7.77. The second kappa shape index (κ2) is 14.0. The molecule has 7 rings (SSSR count). The number of rotatable bonds is 11. The lowest BCUT2D eigenvalue weighted by Gasteiger charge is -2.36. The van der Waals surface area contributed by atoms with Gasteiger partial charge in [0.1, 0.15) is 29.5 Å². The molecule has 18 heteroatoms. The van der Waals surface area contributed by atoms with E-state index in [2.05, 4.69) is 20.1 Å². The van der Waals surface area contributed by atoms with Crippen molar-refractivity contribution in [2.24, 2.45) is 17.3 Å². The summed E-state index contributed by atoms with van der Waals surface area (Å²) in [7, 11) is -4.03. The highest BCUT2D eigenvalue weighted by Crippen LogP contribution is 2.57. The first-order valence-corrected chi connectivity index (χ1v) is 20.5. The predicted molar refractivity (Wildman–Crippen MR) is 197 cm³/mol. The van der Waals surface area contributed by atoms with Crippen molar-refractivity contribution < 1.29 is 50.2 Å². The number of carbonyl (C=O) groups is 4. The van der Waals surface area contributed by atoms with Gasteiger partial charge in [0.15, 0.2) is 0 Å². The molecule has 1 saturated heterocycles. The molecule has 5 atom stereocenters. The van der Waals surface area contributed by atoms with Crippen LogP contribution in [0.3, 0.4) is 0 Å². The molecule has 0 spiro atoms. The van der Waals surface area contributed by atoms with Crippen LogP contribution in [0.2, 0.25) is 5.02 Å². The van der Waals surface area contributed by atoms with Gasteiger partial charge in [0, 0.05) is 29.7 Å². The van der Waals surface area contributed by atoms with Gasteiger partial charge in [-0.25, -0.2) is 13.2 Å². The van der Waals surface area contributed by atoms with Gasteiger partial charge in [0.2, 0.25) is 21.8 Å². The predicted octanol–water partition coefficient (Wildman–Crippen LogP) is 5.47. The molecule has 4 amide bonds. The summed E-state index contributed by atoms with van der Waals surface area (Å²) in [5.41, 5.74) is -0.611. The van der Waals surface area contributed by atoms with Crippen molar-refractivity contribution in [1.82, 2.24) is 19.8 Å². The van der Waals surface area contributed by atoms with Crippen molar-refractivity contribution in [1.29, 1.82) is 0 Å². The molecule has 2 aromatic rings. The van der Waals surface area contributed by atoms with E-state index in [9.17, 15) is 40.8 Å². The first kappa shape index (κ1) is 40.0. The molecule has 0 radical (unpaired) electrons. The lowest BCUT2D eigenvalue weighted by atomic mass is 9.85. The number of carbonyl (C=O) groups excluding carboxylic acids is 4. The molecule has 5 aliphatic rings. The molecule has 2 aromatic carbocycles. The minimum atomic E-state index is -4.95. The first-order chi connectivity index (χ1) is 26.1. The number of nitrogens with one attached hydrogen (secondary N) is 3. The Bertz CT molecular complexity index is 2050. The Morgan fingerprint density at radius 2 is 1.71 bits per heavy atom. The van der Waals surface area contributed by atoms with Crippen LogP contribution in [0.25, 0.3) is 0 Å². The van der Waals surface area contributed by atoms with Crippen LogP contribution in [0.15, 0.2) is 42.5 Å². The Balaban J connectivity index is 1.14. The first-order valence-electron chi connectivity index (χ1n) is 18.6. The minimum absolute atomic E-state index is 0.125. The van der Waals surface area contributed by atoms with E-state index in [4.69, 9.17) is 16.3 Å². The average Bonchev–Trinajstić information content (AvgIpc) is 4.05. The van der Waals surface area contributed by atoms with Gasteiger partial charge in [-0.05, 0) is 85.6 Å². The second-order valence-electron chi connectivity index (χ2n) is 17.0. The summed E-state index contributed by atoms with van der Waals surface area (Å²) in [4.78, 5) is 59.1. The monoisotopic (exact) mass is 823 g/mol. The maximum Gasteiger partial charge on any atom is 0.573 e. The standard InChI is InChI=1S/C38H45ClF3N5O8S/c1-35(2,3)30(43-23-8-6-9-24(15-23)55-38(40,41)42)32(49)47-19-25(54-34(51)46-18-22-7-5-10-28(39)26(22)20-46)16-29(47)31(48)44-37(17-27(37)21-11-12-21)33(50)45-56(52,53)36(4)13-14-36/h5-10,15,21,25,27,29-30,43H,11-14,16-20H2,1-4H3,(H,44,48)(H,45,50)/t25-,27+,29+,30-,37-/m1/s1. The Hall–Kier alpha value is -4.25. The highest BCUT2D eigenvalue weighted by molar-refractivity contribution is 7.91. The van der Waals surface area contributed by atoms with Gasteiger partial charge < -0.3 is 25.0 Å². The molecule has 4 fully saturated rings. The van der Waals surface area contributed by atoms with Gasteiger partial charge in [-0.15, -0.1) is 13.2 Å². The topological polar surface area (TPSA) is 163 Å². The van der Waals surface area contributed by atoms with Gasteiger partial charge in [0.05, 0.1) is 17.8 Å². The van der Waals surface area contributed by atoms with Crippen molar-refractivity contribution in [3.05, 3.63) is 58.6 Å². The van der Waals surface area contributed by atoms with Gasteiger partial charge in [-0.3, -0.25) is 24.0 Å². The number of likely N-dealkylation sites (tertiary alicyclic amines) is 1. The number of alkyl halides is 3. The number of anilines is 1. The van der Waals surface area contributed by atoms with Crippen LogP contribution in [0.4, 0.5) is 23.7 Å². The highest BCUT2D eigenvalue weighted by atomic mass is 35.5. The quantitative estimate of drug-likeness (QED) is 0.267. The Labute approximate surface area is 328 Å². The molecule has 56 heavy (non-hydrogen) atoms. The summed E-state index contributed by atoms with van der Waals surface area (Å²) in [6.45, 7) is 6.99. The van der Waals surface area contributed by atoms with Crippen LogP contribution in [-0.4, -0.2) is 83.4 Å².